The molecule has 0 spiro atoms. The molecule has 3 nitrogen and oxygen atoms in total. The Bertz CT molecular complexity index is 423. The smallest absolute Gasteiger partial charge is 0.268 e. The highest BCUT2D eigenvalue weighted by Gasteiger charge is 2.27. The molecule has 1 amide bonds. The number of hydrogen-bond acceptors (Lipinski definition) is 2. The molecule has 0 fully saturated rings. The summed E-state index contributed by atoms with van der Waals surface area (Å²) in [6.45, 7) is 9.04. The minimum atomic E-state index is -0.275. The number of rotatable bonds is 6. The van der Waals surface area contributed by atoms with Crippen LogP contribution < -0.4 is 5.43 Å². The van der Waals surface area contributed by atoms with Crippen molar-refractivity contribution in [2.75, 3.05) is 6.54 Å². The van der Waals surface area contributed by atoms with Gasteiger partial charge >= 0.3 is 0 Å². The molecule has 1 rings (SSSR count). The van der Waals surface area contributed by atoms with Gasteiger partial charge in [-0.1, -0.05) is 31.4 Å². The van der Waals surface area contributed by atoms with Gasteiger partial charge in [-0.15, -0.1) is 0 Å². The number of benzene rings is 1. The third-order valence-corrected chi connectivity index (χ3v) is 3.27. The molecule has 1 N–H and O–H groups in total. The fourth-order valence-corrected chi connectivity index (χ4v) is 2.03. The number of amides is 1. The Kier molecular flexibility index (Phi) is 6.50. The number of carbonyl (C=O) groups is 1. The highest BCUT2D eigenvalue weighted by molar-refractivity contribution is 6.30. The largest absolute Gasteiger partial charge is 0.269 e. The second kappa shape index (κ2) is 7.65. The van der Waals surface area contributed by atoms with Crippen LogP contribution in [0.5, 0.6) is 0 Å². The highest BCUT2D eigenvalue weighted by Crippen LogP contribution is 2.17. The zero-order valence-electron chi connectivity index (χ0n) is 12.9. The lowest BCUT2D eigenvalue weighted by Gasteiger charge is -2.36. The summed E-state index contributed by atoms with van der Waals surface area (Å²) in [4.78, 5) is 12.6. The first-order valence-corrected chi connectivity index (χ1v) is 7.57. The van der Waals surface area contributed by atoms with E-state index < -0.39 is 0 Å². The summed E-state index contributed by atoms with van der Waals surface area (Å²) in [5, 5.41) is 2.35. The molecule has 0 unspecified atom stereocenters. The van der Waals surface area contributed by atoms with E-state index in [4.69, 9.17) is 11.6 Å². The number of hydrazine groups is 1. The third-order valence-electron chi connectivity index (χ3n) is 3.02. The maximum absolute atomic E-state index is 12.6. The summed E-state index contributed by atoms with van der Waals surface area (Å²) in [5.74, 6) is -0.0225. The van der Waals surface area contributed by atoms with Gasteiger partial charge in [0.2, 0.25) is 0 Å². The SMILES string of the molecule is CCCCCNN(C(=O)c1ccc(Cl)cc1)C(C)(C)C. The van der Waals surface area contributed by atoms with Gasteiger partial charge in [0.25, 0.3) is 5.91 Å². The lowest BCUT2D eigenvalue weighted by atomic mass is 10.1. The van der Waals surface area contributed by atoms with Gasteiger partial charge in [0, 0.05) is 17.1 Å². The molecule has 4 heteroatoms. The first kappa shape index (κ1) is 17.0. The Hall–Kier alpha value is -1.06. The van der Waals surface area contributed by atoms with Crippen molar-refractivity contribution in [3.8, 4) is 0 Å². The van der Waals surface area contributed by atoms with Crippen molar-refractivity contribution < 1.29 is 4.79 Å². The summed E-state index contributed by atoms with van der Waals surface area (Å²) < 4.78 is 0. The van der Waals surface area contributed by atoms with Gasteiger partial charge in [-0.05, 0) is 51.5 Å². The molecule has 0 radical (unpaired) electrons. The van der Waals surface area contributed by atoms with Gasteiger partial charge in [0.05, 0.1) is 5.54 Å². The summed E-state index contributed by atoms with van der Waals surface area (Å²) in [7, 11) is 0. The van der Waals surface area contributed by atoms with Crippen molar-refractivity contribution in [2.24, 2.45) is 0 Å². The number of nitrogens with zero attached hydrogens (tertiary/aromatic N) is 1. The zero-order valence-corrected chi connectivity index (χ0v) is 13.6. The van der Waals surface area contributed by atoms with E-state index in [-0.39, 0.29) is 11.4 Å². The van der Waals surface area contributed by atoms with Crippen molar-refractivity contribution in [1.29, 1.82) is 0 Å². The predicted octanol–water partition coefficient (Wildman–Crippen LogP) is 4.28. The summed E-state index contributed by atoms with van der Waals surface area (Å²) in [6.07, 6.45) is 3.40. The maximum atomic E-state index is 12.6. The molecule has 20 heavy (non-hydrogen) atoms. The first-order chi connectivity index (χ1) is 9.36. The van der Waals surface area contributed by atoms with Gasteiger partial charge in [0.1, 0.15) is 0 Å². The summed E-state index contributed by atoms with van der Waals surface area (Å²) >= 11 is 5.86. The van der Waals surface area contributed by atoms with E-state index >= 15 is 0 Å². The maximum Gasteiger partial charge on any atom is 0.268 e. The van der Waals surface area contributed by atoms with Crippen LogP contribution in [0.4, 0.5) is 0 Å². The average Bonchev–Trinajstić information content (AvgIpc) is 2.37. The summed E-state index contributed by atoms with van der Waals surface area (Å²) in [5.41, 5.74) is 3.63. The van der Waals surface area contributed by atoms with E-state index in [1.54, 1.807) is 29.3 Å². The molecule has 0 aliphatic rings. The van der Waals surface area contributed by atoms with E-state index in [1.807, 2.05) is 20.8 Å². The van der Waals surface area contributed by atoms with Crippen molar-refractivity contribution >= 4 is 17.5 Å². The number of halogens is 1. The molecule has 0 bridgehead atoms. The lowest BCUT2D eigenvalue weighted by Crippen LogP contribution is -2.54. The van der Waals surface area contributed by atoms with Gasteiger partial charge in [-0.2, -0.15) is 0 Å². The second-order valence-electron chi connectivity index (χ2n) is 5.93. The number of carbonyl (C=O) groups excluding carboxylic acids is 1. The third kappa shape index (κ3) is 5.14. The Balaban J connectivity index is 2.77. The molecular weight excluding hydrogens is 272 g/mol. The van der Waals surface area contributed by atoms with Crippen LogP contribution >= 0.6 is 11.6 Å². The molecule has 0 aliphatic heterocycles. The van der Waals surface area contributed by atoms with Crippen LogP contribution in [0.1, 0.15) is 57.3 Å². The number of hydrogen-bond donors (Lipinski definition) is 1. The van der Waals surface area contributed by atoms with E-state index in [9.17, 15) is 4.79 Å². The molecule has 0 atom stereocenters. The zero-order chi connectivity index (χ0) is 15.2. The Morgan fingerprint density at radius 1 is 1.20 bits per heavy atom. The number of unbranched alkanes of at least 4 members (excludes halogenated alkanes) is 2. The fourth-order valence-electron chi connectivity index (χ4n) is 1.90. The molecule has 1 aromatic carbocycles. The lowest BCUT2D eigenvalue weighted by molar-refractivity contribution is 0.0400. The molecular formula is C16H25ClN2O. The highest BCUT2D eigenvalue weighted by atomic mass is 35.5. The number of nitrogens with one attached hydrogen (secondary N) is 1. The quantitative estimate of drug-likeness (QED) is 0.628. The van der Waals surface area contributed by atoms with Crippen LogP contribution in [0.2, 0.25) is 5.02 Å². The monoisotopic (exact) mass is 296 g/mol. The Labute approximate surface area is 127 Å². The van der Waals surface area contributed by atoms with Crippen LogP contribution in [0, 0.1) is 0 Å². The predicted molar refractivity (Wildman–Crippen MR) is 84.9 cm³/mol. The molecule has 0 aromatic heterocycles. The second-order valence-corrected chi connectivity index (χ2v) is 6.37. The minimum absolute atomic E-state index is 0.0225. The molecule has 0 saturated heterocycles. The van der Waals surface area contributed by atoms with E-state index in [0.29, 0.717) is 10.6 Å². The van der Waals surface area contributed by atoms with Crippen LogP contribution in [-0.2, 0) is 0 Å². The van der Waals surface area contributed by atoms with Crippen LogP contribution in [-0.4, -0.2) is 23.0 Å². The van der Waals surface area contributed by atoms with E-state index in [2.05, 4.69) is 12.3 Å². The Morgan fingerprint density at radius 3 is 2.30 bits per heavy atom. The molecule has 0 heterocycles. The topological polar surface area (TPSA) is 32.3 Å². The normalized spacial score (nSPS) is 11.4. The van der Waals surface area contributed by atoms with E-state index in [1.165, 1.54) is 12.8 Å². The first-order valence-electron chi connectivity index (χ1n) is 7.20. The van der Waals surface area contributed by atoms with Gasteiger partial charge in [0.15, 0.2) is 0 Å². The molecule has 112 valence electrons. The van der Waals surface area contributed by atoms with Gasteiger partial charge in [-0.3, -0.25) is 9.80 Å². The van der Waals surface area contributed by atoms with Gasteiger partial charge in [-0.25, -0.2) is 5.43 Å². The molecule has 0 saturated carbocycles. The van der Waals surface area contributed by atoms with Crippen molar-refractivity contribution in [1.82, 2.24) is 10.4 Å². The summed E-state index contributed by atoms with van der Waals surface area (Å²) in [6, 6.07) is 7.01. The average molecular weight is 297 g/mol. The molecule has 1 aromatic rings. The minimum Gasteiger partial charge on any atom is -0.269 e. The van der Waals surface area contributed by atoms with Crippen molar-refractivity contribution in [3.63, 3.8) is 0 Å². The van der Waals surface area contributed by atoms with Crippen molar-refractivity contribution in [2.45, 2.75) is 52.5 Å². The standard InChI is InChI=1S/C16H25ClN2O/c1-5-6-7-12-18-19(16(2,3)4)15(20)13-8-10-14(17)11-9-13/h8-11,18H,5-7,12H2,1-4H3. The van der Waals surface area contributed by atoms with E-state index in [0.717, 1.165) is 13.0 Å². The fraction of sp³-hybridized carbons (Fsp3) is 0.562. The van der Waals surface area contributed by atoms with Crippen molar-refractivity contribution in [3.05, 3.63) is 34.9 Å². The van der Waals surface area contributed by atoms with Gasteiger partial charge < -0.3 is 0 Å². The van der Waals surface area contributed by atoms with Crippen LogP contribution in [0.3, 0.4) is 0 Å². The Morgan fingerprint density at radius 2 is 1.80 bits per heavy atom. The van der Waals surface area contributed by atoms with Crippen LogP contribution in [0.15, 0.2) is 24.3 Å². The van der Waals surface area contributed by atoms with Crippen LogP contribution in [0.25, 0.3) is 0 Å². The molecule has 0 aliphatic carbocycles.